The molecule has 0 saturated carbocycles. The van der Waals surface area contributed by atoms with Crippen molar-refractivity contribution in [1.29, 1.82) is 0 Å². The third-order valence-electron chi connectivity index (χ3n) is 4.59. The largest absolute Gasteiger partial charge is 0.455 e. The molecule has 1 aliphatic heterocycles. The maximum atomic E-state index is 13.0. The number of piperidine rings is 1. The number of nitrogens with one attached hydrogen (secondary N) is 1. The molecule has 1 aliphatic rings. The van der Waals surface area contributed by atoms with Gasteiger partial charge in [-0.25, -0.2) is 9.37 Å². The van der Waals surface area contributed by atoms with Crippen LogP contribution in [0, 0.1) is 11.7 Å². The van der Waals surface area contributed by atoms with Gasteiger partial charge >= 0.3 is 5.97 Å². The van der Waals surface area contributed by atoms with Crippen molar-refractivity contribution in [2.75, 3.05) is 25.0 Å². The number of hydrogen-bond donors (Lipinski definition) is 1. The Balaban J connectivity index is 1.44. The first-order chi connectivity index (χ1) is 13.9. The summed E-state index contributed by atoms with van der Waals surface area (Å²) in [7, 11) is 0. The van der Waals surface area contributed by atoms with Crippen LogP contribution in [0.4, 0.5) is 10.1 Å². The Morgan fingerprint density at radius 2 is 1.86 bits per heavy atom. The molecule has 29 heavy (non-hydrogen) atoms. The number of nitrogens with zero attached hydrogens (tertiary/aromatic N) is 2. The minimum atomic E-state index is -0.517. The molecule has 1 aromatic carbocycles. The van der Waals surface area contributed by atoms with E-state index < -0.39 is 24.3 Å². The molecule has 1 saturated heterocycles. The monoisotopic (exact) mass is 419 g/mol. The first kappa shape index (κ1) is 20.7. The molecule has 0 unspecified atom stereocenters. The van der Waals surface area contributed by atoms with Crippen LogP contribution in [-0.2, 0) is 14.3 Å². The molecule has 1 aromatic heterocycles. The van der Waals surface area contributed by atoms with Gasteiger partial charge in [0.25, 0.3) is 11.8 Å². The minimum Gasteiger partial charge on any atom is -0.455 e. The fraction of sp³-hybridized carbons (Fsp3) is 0.300. The Morgan fingerprint density at radius 1 is 1.17 bits per heavy atom. The van der Waals surface area contributed by atoms with Gasteiger partial charge in [-0.1, -0.05) is 11.6 Å². The molecule has 1 N–H and O–H groups in total. The molecule has 0 aliphatic carbocycles. The second kappa shape index (κ2) is 9.47. The summed E-state index contributed by atoms with van der Waals surface area (Å²) < 4.78 is 18.1. The summed E-state index contributed by atoms with van der Waals surface area (Å²) in [5, 5.41) is 2.67. The van der Waals surface area contributed by atoms with E-state index in [1.807, 2.05) is 0 Å². The zero-order valence-corrected chi connectivity index (χ0v) is 16.2. The van der Waals surface area contributed by atoms with E-state index in [-0.39, 0.29) is 17.0 Å². The molecule has 9 heteroatoms. The van der Waals surface area contributed by atoms with E-state index in [0.29, 0.717) is 37.2 Å². The average molecular weight is 420 g/mol. The van der Waals surface area contributed by atoms with Crippen molar-refractivity contribution in [2.45, 2.75) is 12.8 Å². The first-order valence-corrected chi connectivity index (χ1v) is 9.43. The topological polar surface area (TPSA) is 88.6 Å². The predicted octanol–water partition coefficient (Wildman–Crippen LogP) is 2.91. The van der Waals surface area contributed by atoms with Crippen LogP contribution in [0.2, 0.25) is 5.15 Å². The van der Waals surface area contributed by atoms with Crippen molar-refractivity contribution >= 4 is 35.1 Å². The van der Waals surface area contributed by atoms with E-state index in [2.05, 4.69) is 10.3 Å². The van der Waals surface area contributed by atoms with E-state index in [9.17, 15) is 18.8 Å². The van der Waals surface area contributed by atoms with Crippen LogP contribution in [0.1, 0.15) is 23.2 Å². The van der Waals surface area contributed by atoms with Gasteiger partial charge in [-0.2, -0.15) is 0 Å². The van der Waals surface area contributed by atoms with Crippen molar-refractivity contribution in [3.63, 3.8) is 0 Å². The summed E-state index contributed by atoms with van der Waals surface area (Å²) in [5.41, 5.74) is 0.737. The van der Waals surface area contributed by atoms with Crippen molar-refractivity contribution in [3.8, 4) is 0 Å². The third-order valence-corrected chi connectivity index (χ3v) is 4.89. The van der Waals surface area contributed by atoms with Gasteiger partial charge < -0.3 is 15.0 Å². The van der Waals surface area contributed by atoms with E-state index in [1.165, 1.54) is 30.5 Å². The molecule has 2 aromatic rings. The van der Waals surface area contributed by atoms with Crippen molar-refractivity contribution in [1.82, 2.24) is 9.88 Å². The zero-order valence-electron chi connectivity index (χ0n) is 15.4. The zero-order chi connectivity index (χ0) is 20.8. The van der Waals surface area contributed by atoms with Crippen LogP contribution in [0.5, 0.6) is 0 Å². The van der Waals surface area contributed by atoms with Gasteiger partial charge in [0.05, 0.1) is 11.6 Å². The standard InChI is InChI=1S/C20H19ClFN3O4/c21-18-16(2-1-9-23-18)24-17(26)12-29-20(28)14-7-10-25(11-8-14)19(27)13-3-5-15(22)6-4-13/h1-6,9,14H,7-8,10-12H2,(H,24,26). The molecule has 0 atom stereocenters. The number of rotatable bonds is 5. The number of anilines is 1. The number of carbonyl (C=O) groups excluding carboxylic acids is 3. The van der Waals surface area contributed by atoms with Crippen molar-refractivity contribution < 1.29 is 23.5 Å². The number of halogens is 2. The number of benzene rings is 1. The number of hydrogen-bond acceptors (Lipinski definition) is 5. The molecule has 2 heterocycles. The van der Waals surface area contributed by atoms with Crippen LogP contribution in [0.3, 0.4) is 0 Å². The van der Waals surface area contributed by atoms with Gasteiger partial charge in [-0.3, -0.25) is 14.4 Å². The maximum absolute atomic E-state index is 13.0. The Kier molecular flexibility index (Phi) is 6.77. The van der Waals surface area contributed by atoms with Gasteiger partial charge in [0.2, 0.25) is 0 Å². The SMILES string of the molecule is O=C(COC(=O)C1CCN(C(=O)c2ccc(F)cc2)CC1)Nc1cccnc1Cl. The molecule has 1 fully saturated rings. The van der Waals surface area contributed by atoms with Gasteiger partial charge in [0.15, 0.2) is 11.8 Å². The lowest BCUT2D eigenvalue weighted by molar-refractivity contribution is -0.152. The van der Waals surface area contributed by atoms with Gasteiger partial charge in [-0.15, -0.1) is 0 Å². The molecule has 7 nitrogen and oxygen atoms in total. The normalized spacial score (nSPS) is 14.3. The number of esters is 1. The number of ether oxygens (including phenoxy) is 1. The fourth-order valence-electron chi connectivity index (χ4n) is 3.01. The fourth-order valence-corrected chi connectivity index (χ4v) is 3.18. The quantitative estimate of drug-likeness (QED) is 0.594. The second-order valence-electron chi connectivity index (χ2n) is 6.57. The van der Waals surface area contributed by atoms with Crippen LogP contribution >= 0.6 is 11.6 Å². The molecule has 0 spiro atoms. The van der Waals surface area contributed by atoms with E-state index in [1.54, 1.807) is 17.0 Å². The third kappa shape index (κ3) is 5.51. The summed E-state index contributed by atoms with van der Waals surface area (Å²) in [4.78, 5) is 42.0. The Labute approximate surface area is 171 Å². The summed E-state index contributed by atoms with van der Waals surface area (Å²) in [6.07, 6.45) is 2.36. The lowest BCUT2D eigenvalue weighted by Gasteiger charge is -2.31. The average Bonchev–Trinajstić information content (AvgIpc) is 2.74. The van der Waals surface area contributed by atoms with E-state index >= 15 is 0 Å². The number of likely N-dealkylation sites (tertiary alicyclic amines) is 1. The lowest BCUT2D eigenvalue weighted by Crippen LogP contribution is -2.41. The Hall–Kier alpha value is -3.00. The second-order valence-corrected chi connectivity index (χ2v) is 6.93. The van der Waals surface area contributed by atoms with Gasteiger partial charge in [0.1, 0.15) is 5.82 Å². The van der Waals surface area contributed by atoms with Crippen LogP contribution < -0.4 is 5.32 Å². The molecule has 3 rings (SSSR count). The first-order valence-electron chi connectivity index (χ1n) is 9.06. The highest BCUT2D eigenvalue weighted by Gasteiger charge is 2.29. The van der Waals surface area contributed by atoms with Crippen LogP contribution in [0.15, 0.2) is 42.6 Å². The number of carbonyl (C=O) groups is 3. The van der Waals surface area contributed by atoms with E-state index in [4.69, 9.17) is 16.3 Å². The number of amides is 2. The van der Waals surface area contributed by atoms with Crippen LogP contribution in [-0.4, -0.2) is 47.4 Å². The van der Waals surface area contributed by atoms with Gasteiger partial charge in [0, 0.05) is 24.8 Å². The van der Waals surface area contributed by atoms with Gasteiger partial charge in [-0.05, 0) is 49.2 Å². The maximum Gasteiger partial charge on any atom is 0.309 e. The molecular weight excluding hydrogens is 401 g/mol. The molecule has 0 radical (unpaired) electrons. The number of aromatic nitrogens is 1. The summed E-state index contributed by atoms with van der Waals surface area (Å²) in [5.74, 6) is -1.99. The lowest BCUT2D eigenvalue weighted by atomic mass is 9.96. The Bertz CT molecular complexity index is 899. The van der Waals surface area contributed by atoms with E-state index in [0.717, 1.165) is 0 Å². The Morgan fingerprint density at radius 3 is 2.52 bits per heavy atom. The highest BCUT2D eigenvalue weighted by molar-refractivity contribution is 6.32. The molecular formula is C20H19ClFN3O4. The predicted molar refractivity (Wildman–Crippen MR) is 104 cm³/mol. The summed E-state index contributed by atoms with van der Waals surface area (Å²) in [6, 6.07) is 8.55. The van der Waals surface area contributed by atoms with Crippen molar-refractivity contribution in [3.05, 3.63) is 59.1 Å². The minimum absolute atomic E-state index is 0.144. The summed E-state index contributed by atoms with van der Waals surface area (Å²) in [6.45, 7) is 0.333. The highest BCUT2D eigenvalue weighted by Crippen LogP contribution is 2.21. The van der Waals surface area contributed by atoms with Crippen LogP contribution in [0.25, 0.3) is 0 Å². The smallest absolute Gasteiger partial charge is 0.309 e. The molecule has 152 valence electrons. The number of pyridine rings is 1. The summed E-state index contributed by atoms with van der Waals surface area (Å²) >= 11 is 5.86. The highest BCUT2D eigenvalue weighted by atomic mass is 35.5. The molecule has 0 bridgehead atoms. The molecule has 2 amide bonds. The van der Waals surface area contributed by atoms with Crippen molar-refractivity contribution in [2.24, 2.45) is 5.92 Å².